The molecule has 0 radical (unpaired) electrons. The zero-order chi connectivity index (χ0) is 39.5. The van der Waals surface area contributed by atoms with Crippen LogP contribution in [0.4, 0.5) is 28.4 Å². The summed E-state index contributed by atoms with van der Waals surface area (Å²) in [7, 11) is 0. The molecule has 57 heavy (non-hydrogen) atoms. The van der Waals surface area contributed by atoms with Crippen molar-refractivity contribution in [1.29, 1.82) is 0 Å². The SMILES string of the molecule is CC(C)(C)c1ccc(-c2ccc(N(c3ccccc3)c3coc4ccccc34)c(Cl)c2Nc2ccc(C(C)(C)C)cc2-c2cccc3c2oc2ccccc23)cc1. The predicted octanol–water partition coefficient (Wildman–Crippen LogP) is 16.1. The molecule has 0 bridgehead atoms. The number of hydrogen-bond acceptors (Lipinski definition) is 4. The van der Waals surface area contributed by atoms with Crippen molar-refractivity contribution in [3.63, 3.8) is 0 Å². The molecule has 2 heterocycles. The smallest absolute Gasteiger partial charge is 0.143 e. The topological polar surface area (TPSA) is 41.6 Å². The Labute approximate surface area is 339 Å². The van der Waals surface area contributed by atoms with Gasteiger partial charge in [-0.25, -0.2) is 0 Å². The quantitative estimate of drug-likeness (QED) is 0.175. The number of nitrogens with zero attached hydrogens (tertiary/aromatic N) is 1. The van der Waals surface area contributed by atoms with E-state index in [0.717, 1.165) is 83.6 Å². The fourth-order valence-electron chi connectivity index (χ4n) is 7.81. The first-order valence-corrected chi connectivity index (χ1v) is 19.9. The maximum absolute atomic E-state index is 7.83. The summed E-state index contributed by atoms with van der Waals surface area (Å²) >= 11 is 7.83. The number of anilines is 5. The summed E-state index contributed by atoms with van der Waals surface area (Å²) < 4.78 is 12.8. The van der Waals surface area contributed by atoms with Crippen LogP contribution >= 0.6 is 11.6 Å². The van der Waals surface area contributed by atoms with Crippen molar-refractivity contribution in [1.82, 2.24) is 0 Å². The average Bonchev–Trinajstić information content (AvgIpc) is 3.81. The zero-order valence-corrected chi connectivity index (χ0v) is 33.9. The maximum Gasteiger partial charge on any atom is 0.143 e. The lowest BCUT2D eigenvalue weighted by Crippen LogP contribution is -2.12. The van der Waals surface area contributed by atoms with Gasteiger partial charge < -0.3 is 19.1 Å². The minimum absolute atomic E-state index is 0.0199. The van der Waals surface area contributed by atoms with Crippen molar-refractivity contribution < 1.29 is 8.83 Å². The molecule has 0 saturated heterocycles. The molecule has 0 aliphatic heterocycles. The van der Waals surface area contributed by atoms with E-state index < -0.39 is 0 Å². The molecule has 0 aliphatic carbocycles. The molecule has 282 valence electrons. The van der Waals surface area contributed by atoms with E-state index in [1.54, 1.807) is 0 Å². The van der Waals surface area contributed by atoms with E-state index in [2.05, 4.69) is 155 Å². The van der Waals surface area contributed by atoms with E-state index in [4.69, 9.17) is 20.4 Å². The highest BCUT2D eigenvalue weighted by Crippen LogP contribution is 2.50. The Bertz CT molecular complexity index is 2910. The molecule has 2 aromatic heterocycles. The Kier molecular flexibility index (Phi) is 8.98. The lowest BCUT2D eigenvalue weighted by molar-refractivity contribution is 0.590. The van der Waals surface area contributed by atoms with Crippen molar-refractivity contribution in [2.24, 2.45) is 0 Å². The molecule has 9 aromatic rings. The maximum atomic E-state index is 7.83. The van der Waals surface area contributed by atoms with E-state index in [9.17, 15) is 0 Å². The van der Waals surface area contributed by atoms with Crippen LogP contribution in [-0.4, -0.2) is 0 Å². The fraction of sp³-hybridized carbons (Fsp3) is 0.154. The molecular weight excluding hydrogens is 720 g/mol. The average molecular weight is 765 g/mol. The number of furan rings is 2. The van der Waals surface area contributed by atoms with Gasteiger partial charge in [0.25, 0.3) is 0 Å². The summed E-state index contributed by atoms with van der Waals surface area (Å²) in [5, 5.41) is 7.69. The third kappa shape index (κ3) is 6.64. The Morgan fingerprint density at radius 3 is 1.91 bits per heavy atom. The van der Waals surface area contributed by atoms with Gasteiger partial charge in [-0.1, -0.05) is 156 Å². The fourth-order valence-corrected chi connectivity index (χ4v) is 8.11. The number of fused-ring (bicyclic) bond motifs is 4. The minimum atomic E-state index is -0.0872. The number of benzene rings is 7. The molecule has 7 aromatic carbocycles. The second kappa shape index (κ2) is 14.1. The lowest BCUT2D eigenvalue weighted by Gasteiger charge is -2.28. The van der Waals surface area contributed by atoms with Gasteiger partial charge >= 0.3 is 0 Å². The second-order valence-corrected chi connectivity index (χ2v) is 17.2. The predicted molar refractivity (Wildman–Crippen MR) is 241 cm³/mol. The van der Waals surface area contributed by atoms with Crippen LogP contribution < -0.4 is 10.2 Å². The molecule has 0 spiro atoms. The highest BCUT2D eigenvalue weighted by Gasteiger charge is 2.26. The van der Waals surface area contributed by atoms with Crippen molar-refractivity contribution in [2.45, 2.75) is 52.4 Å². The van der Waals surface area contributed by atoms with E-state index in [1.807, 2.05) is 54.8 Å². The highest BCUT2D eigenvalue weighted by molar-refractivity contribution is 6.37. The van der Waals surface area contributed by atoms with Crippen LogP contribution in [0.5, 0.6) is 0 Å². The highest BCUT2D eigenvalue weighted by atomic mass is 35.5. The number of para-hydroxylation sites is 4. The van der Waals surface area contributed by atoms with Crippen molar-refractivity contribution in [3.05, 3.63) is 174 Å². The number of halogens is 1. The van der Waals surface area contributed by atoms with Gasteiger partial charge in [-0.2, -0.15) is 0 Å². The monoisotopic (exact) mass is 764 g/mol. The van der Waals surface area contributed by atoms with Gasteiger partial charge in [0.15, 0.2) is 0 Å². The Balaban J connectivity index is 1.28. The van der Waals surface area contributed by atoms with Crippen LogP contribution in [0.1, 0.15) is 52.7 Å². The molecule has 4 nitrogen and oxygen atoms in total. The first-order chi connectivity index (χ1) is 27.5. The molecule has 5 heteroatoms. The first kappa shape index (κ1) is 36.4. The number of nitrogens with one attached hydrogen (secondary N) is 1. The van der Waals surface area contributed by atoms with E-state index in [1.165, 1.54) is 11.1 Å². The van der Waals surface area contributed by atoms with Gasteiger partial charge in [-0.05, 0) is 76.1 Å². The molecule has 0 amide bonds. The standard InChI is InChI=1S/C52H45ClN2O2/c1-51(2,3)34-25-23-33(24-26-34)37-28-30-44(55(36-15-8-7-9-16-36)45-32-56-46-21-12-11-18-41(45)46)48(53)49(37)54-43-29-27-35(52(4,5)6)31-42(43)40-20-14-19-39-38-17-10-13-22-47(38)57-50(39)40/h7-32,54H,1-6H3. The van der Waals surface area contributed by atoms with Gasteiger partial charge in [0, 0.05) is 44.2 Å². The molecular formula is C52H45ClN2O2. The Hall–Kier alpha value is -6.23. The normalized spacial score (nSPS) is 12.1. The van der Waals surface area contributed by atoms with Gasteiger partial charge in [-0.3, -0.25) is 0 Å². The Morgan fingerprint density at radius 1 is 0.526 bits per heavy atom. The molecule has 0 aliphatic rings. The van der Waals surface area contributed by atoms with Crippen LogP contribution in [0.15, 0.2) is 167 Å². The van der Waals surface area contributed by atoms with E-state index >= 15 is 0 Å². The van der Waals surface area contributed by atoms with Crippen LogP contribution in [0.3, 0.4) is 0 Å². The largest absolute Gasteiger partial charge is 0.462 e. The second-order valence-electron chi connectivity index (χ2n) is 16.9. The van der Waals surface area contributed by atoms with Crippen LogP contribution in [0, 0.1) is 0 Å². The van der Waals surface area contributed by atoms with Gasteiger partial charge in [0.05, 0.1) is 22.1 Å². The lowest BCUT2D eigenvalue weighted by atomic mass is 9.84. The minimum Gasteiger partial charge on any atom is -0.462 e. The van der Waals surface area contributed by atoms with E-state index in [0.29, 0.717) is 5.02 Å². The molecule has 1 N–H and O–H groups in total. The van der Waals surface area contributed by atoms with Crippen molar-refractivity contribution in [3.8, 4) is 22.3 Å². The molecule has 0 unspecified atom stereocenters. The zero-order valence-electron chi connectivity index (χ0n) is 33.2. The summed E-state index contributed by atoms with van der Waals surface area (Å²) in [6.07, 6.45) is 1.82. The summed E-state index contributed by atoms with van der Waals surface area (Å²) in [4.78, 5) is 2.19. The van der Waals surface area contributed by atoms with Crippen LogP contribution in [0.25, 0.3) is 55.2 Å². The summed E-state index contributed by atoms with van der Waals surface area (Å²) in [5.74, 6) is 0. The Morgan fingerprint density at radius 2 is 1.18 bits per heavy atom. The summed E-state index contributed by atoms with van der Waals surface area (Å²) in [6.45, 7) is 13.5. The first-order valence-electron chi connectivity index (χ1n) is 19.5. The summed E-state index contributed by atoms with van der Waals surface area (Å²) in [5.41, 5.74) is 13.4. The molecule has 0 atom stereocenters. The van der Waals surface area contributed by atoms with Gasteiger partial charge in [0.2, 0.25) is 0 Å². The third-order valence-electron chi connectivity index (χ3n) is 11.0. The van der Waals surface area contributed by atoms with Gasteiger partial charge in [-0.15, -0.1) is 0 Å². The van der Waals surface area contributed by atoms with Crippen LogP contribution in [-0.2, 0) is 10.8 Å². The molecule has 0 saturated carbocycles. The van der Waals surface area contributed by atoms with Crippen molar-refractivity contribution in [2.75, 3.05) is 10.2 Å². The number of rotatable bonds is 7. The van der Waals surface area contributed by atoms with E-state index in [-0.39, 0.29) is 10.8 Å². The summed E-state index contributed by atoms with van der Waals surface area (Å²) in [6, 6.07) is 52.9. The van der Waals surface area contributed by atoms with Crippen LogP contribution in [0.2, 0.25) is 5.02 Å². The van der Waals surface area contributed by atoms with Gasteiger partial charge in [0.1, 0.15) is 23.0 Å². The molecule has 0 fully saturated rings. The number of hydrogen-bond donors (Lipinski definition) is 1. The van der Waals surface area contributed by atoms with Crippen molar-refractivity contribution >= 4 is 72.9 Å². The molecule has 9 rings (SSSR count). The third-order valence-corrected chi connectivity index (χ3v) is 11.4.